The molecule has 1 saturated heterocycles. The molecule has 2 aromatic rings. The standard InChI is InChI=1S/C22H20ClNO6S/c1-3-29-18-10-15(6-9-17(18)30-13(2)21(26)27)11-19-20(25)24(22(28)31-19)12-14-4-7-16(23)8-5-14/h4-11,13H,3,12H2,1-2H3,(H,26,27)/b19-11+. The van der Waals surface area contributed by atoms with Gasteiger partial charge in [0.2, 0.25) is 0 Å². The van der Waals surface area contributed by atoms with E-state index in [1.165, 1.54) is 11.8 Å². The smallest absolute Gasteiger partial charge is 0.344 e. The van der Waals surface area contributed by atoms with Gasteiger partial charge in [0.05, 0.1) is 18.1 Å². The summed E-state index contributed by atoms with van der Waals surface area (Å²) in [6, 6.07) is 11.8. The zero-order chi connectivity index (χ0) is 22.5. The number of hydrogen-bond acceptors (Lipinski definition) is 6. The van der Waals surface area contributed by atoms with Crippen molar-refractivity contribution >= 4 is 46.6 Å². The maximum absolute atomic E-state index is 12.8. The van der Waals surface area contributed by atoms with E-state index in [4.69, 9.17) is 26.2 Å². The fourth-order valence-electron chi connectivity index (χ4n) is 2.78. The number of hydrogen-bond donors (Lipinski definition) is 1. The first-order valence-electron chi connectivity index (χ1n) is 9.44. The zero-order valence-corrected chi connectivity index (χ0v) is 18.4. The van der Waals surface area contributed by atoms with Gasteiger partial charge in [-0.1, -0.05) is 29.8 Å². The van der Waals surface area contributed by atoms with Gasteiger partial charge in [-0.25, -0.2) is 4.79 Å². The second-order valence-electron chi connectivity index (χ2n) is 6.63. The molecule has 31 heavy (non-hydrogen) atoms. The van der Waals surface area contributed by atoms with E-state index in [1.807, 2.05) is 0 Å². The summed E-state index contributed by atoms with van der Waals surface area (Å²) in [5.41, 5.74) is 1.41. The van der Waals surface area contributed by atoms with Crippen LogP contribution in [0.2, 0.25) is 5.02 Å². The van der Waals surface area contributed by atoms with E-state index in [-0.39, 0.29) is 28.3 Å². The van der Waals surface area contributed by atoms with Crippen LogP contribution in [0.15, 0.2) is 47.4 Å². The van der Waals surface area contributed by atoms with Gasteiger partial charge in [-0.3, -0.25) is 14.5 Å². The van der Waals surface area contributed by atoms with Gasteiger partial charge in [-0.05, 0) is 67.1 Å². The number of carbonyl (C=O) groups is 3. The number of imide groups is 1. The number of amides is 2. The van der Waals surface area contributed by atoms with Crippen molar-refractivity contribution in [1.82, 2.24) is 4.90 Å². The number of carbonyl (C=O) groups excluding carboxylic acids is 2. The molecule has 2 aromatic carbocycles. The largest absolute Gasteiger partial charge is 0.490 e. The fourth-order valence-corrected chi connectivity index (χ4v) is 3.75. The average molecular weight is 462 g/mol. The van der Waals surface area contributed by atoms with Crippen molar-refractivity contribution in [3.63, 3.8) is 0 Å². The molecule has 1 aliphatic heterocycles. The van der Waals surface area contributed by atoms with E-state index >= 15 is 0 Å². The predicted molar refractivity (Wildman–Crippen MR) is 118 cm³/mol. The molecule has 1 aliphatic rings. The lowest BCUT2D eigenvalue weighted by Crippen LogP contribution is -2.27. The van der Waals surface area contributed by atoms with E-state index in [9.17, 15) is 14.4 Å². The minimum absolute atomic E-state index is 0.156. The van der Waals surface area contributed by atoms with Crippen molar-refractivity contribution < 1.29 is 29.0 Å². The van der Waals surface area contributed by atoms with Crippen molar-refractivity contribution in [1.29, 1.82) is 0 Å². The number of rotatable bonds is 8. The summed E-state index contributed by atoms with van der Waals surface area (Å²) >= 11 is 6.74. The molecule has 1 fully saturated rings. The van der Waals surface area contributed by atoms with Crippen LogP contribution < -0.4 is 9.47 Å². The molecule has 0 radical (unpaired) electrons. The van der Waals surface area contributed by atoms with E-state index < -0.39 is 12.1 Å². The number of ether oxygens (including phenoxy) is 2. The Balaban J connectivity index is 1.81. The van der Waals surface area contributed by atoms with Gasteiger partial charge in [0.15, 0.2) is 17.6 Å². The van der Waals surface area contributed by atoms with Gasteiger partial charge in [0, 0.05) is 5.02 Å². The summed E-state index contributed by atoms with van der Waals surface area (Å²) in [5, 5.41) is 9.27. The highest BCUT2D eigenvalue weighted by atomic mass is 35.5. The number of halogens is 1. The minimum Gasteiger partial charge on any atom is -0.490 e. The molecule has 9 heteroatoms. The lowest BCUT2D eigenvalue weighted by atomic mass is 10.1. The molecule has 0 bridgehead atoms. The highest BCUT2D eigenvalue weighted by Crippen LogP contribution is 2.35. The molecule has 1 N–H and O–H groups in total. The molecule has 1 heterocycles. The Bertz CT molecular complexity index is 1040. The van der Waals surface area contributed by atoms with E-state index in [0.717, 1.165) is 17.3 Å². The van der Waals surface area contributed by atoms with Crippen LogP contribution in [0.5, 0.6) is 11.5 Å². The Morgan fingerprint density at radius 2 is 1.90 bits per heavy atom. The van der Waals surface area contributed by atoms with Gasteiger partial charge < -0.3 is 14.6 Å². The van der Waals surface area contributed by atoms with Crippen LogP contribution in [0.1, 0.15) is 25.0 Å². The molecule has 0 spiro atoms. The summed E-state index contributed by atoms with van der Waals surface area (Å²) in [6.45, 7) is 3.71. The van der Waals surface area contributed by atoms with Crippen molar-refractivity contribution in [3.8, 4) is 11.5 Å². The van der Waals surface area contributed by atoms with Crippen molar-refractivity contribution in [2.75, 3.05) is 6.61 Å². The quantitative estimate of drug-likeness (QED) is 0.563. The summed E-state index contributed by atoms with van der Waals surface area (Å²) in [4.78, 5) is 37.6. The summed E-state index contributed by atoms with van der Waals surface area (Å²) < 4.78 is 11.0. The third kappa shape index (κ3) is 5.59. The highest BCUT2D eigenvalue weighted by molar-refractivity contribution is 8.18. The number of nitrogens with zero attached hydrogens (tertiary/aromatic N) is 1. The first-order valence-corrected chi connectivity index (χ1v) is 10.6. The van der Waals surface area contributed by atoms with Crippen molar-refractivity contribution in [2.45, 2.75) is 26.5 Å². The third-order valence-electron chi connectivity index (χ3n) is 4.34. The monoisotopic (exact) mass is 461 g/mol. The summed E-state index contributed by atoms with van der Waals surface area (Å²) in [7, 11) is 0. The number of thioether (sulfide) groups is 1. The molecule has 162 valence electrons. The van der Waals surface area contributed by atoms with Gasteiger partial charge >= 0.3 is 5.97 Å². The summed E-state index contributed by atoms with van der Waals surface area (Å²) in [5.74, 6) is -0.849. The average Bonchev–Trinajstić information content (AvgIpc) is 2.99. The molecule has 7 nitrogen and oxygen atoms in total. The summed E-state index contributed by atoms with van der Waals surface area (Å²) in [6.07, 6.45) is 0.550. The van der Waals surface area contributed by atoms with Gasteiger partial charge in [-0.2, -0.15) is 0 Å². The molecule has 1 atom stereocenters. The second-order valence-corrected chi connectivity index (χ2v) is 8.06. The van der Waals surface area contributed by atoms with Crippen molar-refractivity contribution in [2.24, 2.45) is 0 Å². The minimum atomic E-state index is -1.10. The molecule has 1 unspecified atom stereocenters. The molecule has 2 amide bonds. The molecular formula is C22H20ClNO6S. The topological polar surface area (TPSA) is 93.1 Å². The number of carboxylic acid groups (broad SMARTS) is 1. The van der Waals surface area contributed by atoms with E-state index in [2.05, 4.69) is 0 Å². The molecule has 0 aliphatic carbocycles. The lowest BCUT2D eigenvalue weighted by molar-refractivity contribution is -0.144. The fraction of sp³-hybridized carbons (Fsp3) is 0.227. The normalized spacial score (nSPS) is 16.0. The zero-order valence-electron chi connectivity index (χ0n) is 16.8. The molecular weight excluding hydrogens is 442 g/mol. The highest BCUT2D eigenvalue weighted by Gasteiger charge is 2.35. The van der Waals surface area contributed by atoms with Gasteiger partial charge in [-0.15, -0.1) is 0 Å². The third-order valence-corrected chi connectivity index (χ3v) is 5.50. The number of benzene rings is 2. The van der Waals surface area contributed by atoms with Crippen LogP contribution >= 0.6 is 23.4 Å². The molecule has 0 saturated carbocycles. The van der Waals surface area contributed by atoms with Gasteiger partial charge in [0.1, 0.15) is 0 Å². The Kier molecular flexibility index (Phi) is 7.25. The van der Waals surface area contributed by atoms with Crippen LogP contribution in [0.3, 0.4) is 0 Å². The first kappa shape index (κ1) is 22.7. The maximum atomic E-state index is 12.8. The lowest BCUT2D eigenvalue weighted by Gasteiger charge is -2.15. The Morgan fingerprint density at radius 3 is 2.55 bits per heavy atom. The Morgan fingerprint density at radius 1 is 1.19 bits per heavy atom. The second kappa shape index (κ2) is 9.89. The van der Waals surface area contributed by atoms with Crippen LogP contribution in [0, 0.1) is 0 Å². The van der Waals surface area contributed by atoms with Crippen LogP contribution in [0.4, 0.5) is 4.79 Å². The van der Waals surface area contributed by atoms with Gasteiger partial charge in [0.25, 0.3) is 11.1 Å². The number of aliphatic carboxylic acids is 1. The number of carboxylic acids is 1. The maximum Gasteiger partial charge on any atom is 0.344 e. The SMILES string of the molecule is CCOc1cc(/C=C2/SC(=O)N(Cc3ccc(Cl)cc3)C2=O)ccc1OC(C)C(=O)O. The first-order chi connectivity index (χ1) is 14.8. The molecule has 0 aromatic heterocycles. The van der Waals surface area contributed by atoms with Crippen molar-refractivity contribution in [3.05, 3.63) is 63.5 Å². The van der Waals surface area contributed by atoms with E-state index in [0.29, 0.717) is 22.9 Å². The Hall–Kier alpha value is -2.97. The predicted octanol–water partition coefficient (Wildman–Crippen LogP) is 4.83. The Labute approximate surface area is 188 Å². The van der Waals surface area contributed by atoms with Crippen LogP contribution in [0.25, 0.3) is 6.08 Å². The van der Waals surface area contributed by atoms with Crippen LogP contribution in [-0.4, -0.2) is 39.8 Å². The van der Waals surface area contributed by atoms with Crippen LogP contribution in [-0.2, 0) is 16.1 Å². The van der Waals surface area contributed by atoms with E-state index in [1.54, 1.807) is 55.5 Å². The molecule has 3 rings (SSSR count).